The van der Waals surface area contributed by atoms with E-state index in [2.05, 4.69) is 6.92 Å². The summed E-state index contributed by atoms with van der Waals surface area (Å²) in [5.41, 5.74) is 2.57. The molecule has 0 N–H and O–H groups in total. The Morgan fingerprint density at radius 1 is 1.11 bits per heavy atom. The molecular formula is C17H24O2. The minimum Gasteiger partial charge on any atom is -0.299 e. The maximum absolute atomic E-state index is 12.3. The zero-order valence-corrected chi connectivity index (χ0v) is 11.9. The van der Waals surface area contributed by atoms with E-state index in [1.807, 2.05) is 0 Å². The Morgan fingerprint density at radius 3 is 2.74 bits per heavy atom. The zero-order chi connectivity index (χ0) is 13.4. The summed E-state index contributed by atoms with van der Waals surface area (Å²) in [7, 11) is 0. The van der Waals surface area contributed by atoms with Crippen LogP contribution in [-0.2, 0) is 9.59 Å². The highest BCUT2D eigenvalue weighted by molar-refractivity contribution is 5.99. The van der Waals surface area contributed by atoms with Crippen molar-refractivity contribution in [3.63, 3.8) is 0 Å². The van der Waals surface area contributed by atoms with Gasteiger partial charge in [-0.3, -0.25) is 9.59 Å². The Bertz CT molecular complexity index is 433. The number of hydrogen-bond donors (Lipinski definition) is 0. The second-order valence-electron chi connectivity index (χ2n) is 6.51. The molecule has 0 saturated heterocycles. The highest BCUT2D eigenvalue weighted by Crippen LogP contribution is 2.50. The summed E-state index contributed by atoms with van der Waals surface area (Å²) in [6, 6.07) is 0. The Morgan fingerprint density at radius 2 is 1.95 bits per heavy atom. The first-order valence-electron chi connectivity index (χ1n) is 8.01. The summed E-state index contributed by atoms with van der Waals surface area (Å²) in [4.78, 5) is 24.4. The van der Waals surface area contributed by atoms with Gasteiger partial charge in [0.2, 0.25) is 0 Å². The summed E-state index contributed by atoms with van der Waals surface area (Å²) >= 11 is 0. The molecule has 2 nitrogen and oxygen atoms in total. The largest absolute Gasteiger partial charge is 0.299 e. The smallest absolute Gasteiger partial charge is 0.159 e. The van der Waals surface area contributed by atoms with Gasteiger partial charge in [0, 0.05) is 18.8 Å². The monoisotopic (exact) mass is 260 g/mol. The maximum Gasteiger partial charge on any atom is 0.159 e. The molecule has 0 heterocycles. The van der Waals surface area contributed by atoms with Crippen LogP contribution in [-0.4, -0.2) is 11.6 Å². The lowest BCUT2D eigenvalue weighted by Gasteiger charge is -2.39. The summed E-state index contributed by atoms with van der Waals surface area (Å²) in [6.07, 6.45) is 9.01. The van der Waals surface area contributed by atoms with Gasteiger partial charge in [0.25, 0.3) is 0 Å². The van der Waals surface area contributed by atoms with E-state index in [9.17, 15) is 9.59 Å². The SMILES string of the molecule is CCCCC1=C2[C@H](CC[C@@H]3C(=O)CCC[C@H]23)CC1=O. The molecule has 3 aliphatic carbocycles. The minimum atomic E-state index is 0.252. The van der Waals surface area contributed by atoms with Crippen LogP contribution in [0.1, 0.15) is 64.7 Å². The molecule has 0 amide bonds. The van der Waals surface area contributed by atoms with Crippen LogP contribution in [0, 0.1) is 17.8 Å². The molecule has 0 aromatic carbocycles. The van der Waals surface area contributed by atoms with Crippen molar-refractivity contribution in [2.24, 2.45) is 17.8 Å². The van der Waals surface area contributed by atoms with Crippen LogP contribution < -0.4 is 0 Å². The fourth-order valence-electron chi connectivity index (χ4n) is 4.51. The molecule has 0 aromatic heterocycles. The molecule has 2 heteroatoms. The average Bonchev–Trinajstić information content (AvgIpc) is 2.73. The number of fused-ring (bicyclic) bond motifs is 3. The lowest BCUT2D eigenvalue weighted by molar-refractivity contribution is -0.127. The maximum atomic E-state index is 12.3. The van der Waals surface area contributed by atoms with Crippen molar-refractivity contribution in [2.45, 2.75) is 64.7 Å². The third-order valence-corrected chi connectivity index (χ3v) is 5.40. The number of rotatable bonds is 3. The van der Waals surface area contributed by atoms with Crippen LogP contribution in [0.15, 0.2) is 11.1 Å². The number of carbonyl (C=O) groups excluding carboxylic acids is 2. The molecule has 3 atom stereocenters. The number of unbranched alkanes of at least 4 members (excludes halogenated alkanes) is 1. The first-order valence-corrected chi connectivity index (χ1v) is 8.01. The van der Waals surface area contributed by atoms with Gasteiger partial charge in [-0.05, 0) is 55.9 Å². The number of carbonyl (C=O) groups is 2. The molecule has 104 valence electrons. The van der Waals surface area contributed by atoms with E-state index in [1.54, 1.807) is 0 Å². The topological polar surface area (TPSA) is 34.1 Å². The molecule has 0 aromatic rings. The lowest BCUT2D eigenvalue weighted by Crippen LogP contribution is -2.35. The van der Waals surface area contributed by atoms with Crippen molar-refractivity contribution < 1.29 is 9.59 Å². The summed E-state index contributed by atoms with van der Waals surface area (Å²) in [5, 5.41) is 0. The molecule has 0 radical (unpaired) electrons. The summed E-state index contributed by atoms with van der Waals surface area (Å²) in [6.45, 7) is 2.18. The molecule has 0 spiro atoms. The second kappa shape index (κ2) is 5.22. The van der Waals surface area contributed by atoms with Crippen LogP contribution in [0.2, 0.25) is 0 Å². The van der Waals surface area contributed by atoms with Gasteiger partial charge in [-0.15, -0.1) is 0 Å². The quantitative estimate of drug-likeness (QED) is 0.772. The van der Waals surface area contributed by atoms with Crippen molar-refractivity contribution in [1.82, 2.24) is 0 Å². The van der Waals surface area contributed by atoms with Crippen LogP contribution >= 0.6 is 0 Å². The number of hydrogen-bond acceptors (Lipinski definition) is 2. The van der Waals surface area contributed by atoms with Gasteiger partial charge < -0.3 is 0 Å². The molecule has 0 aliphatic heterocycles. The molecular weight excluding hydrogens is 236 g/mol. The van der Waals surface area contributed by atoms with Crippen molar-refractivity contribution in [1.29, 1.82) is 0 Å². The Labute approximate surface area is 115 Å². The molecule has 0 unspecified atom stereocenters. The van der Waals surface area contributed by atoms with E-state index in [4.69, 9.17) is 0 Å². The van der Waals surface area contributed by atoms with Gasteiger partial charge in [-0.25, -0.2) is 0 Å². The van der Waals surface area contributed by atoms with Crippen LogP contribution in [0.5, 0.6) is 0 Å². The Balaban J connectivity index is 1.92. The molecule has 19 heavy (non-hydrogen) atoms. The van der Waals surface area contributed by atoms with E-state index >= 15 is 0 Å². The van der Waals surface area contributed by atoms with Crippen molar-refractivity contribution in [2.75, 3.05) is 0 Å². The van der Waals surface area contributed by atoms with Gasteiger partial charge in [0.15, 0.2) is 5.78 Å². The third kappa shape index (κ3) is 2.19. The molecule has 2 saturated carbocycles. The van der Waals surface area contributed by atoms with Gasteiger partial charge in [0.05, 0.1) is 0 Å². The van der Waals surface area contributed by atoms with E-state index in [-0.39, 0.29) is 5.92 Å². The number of allylic oxidation sites excluding steroid dienone is 2. The Hall–Kier alpha value is -0.920. The van der Waals surface area contributed by atoms with Gasteiger partial charge in [-0.1, -0.05) is 18.9 Å². The number of ketones is 2. The van der Waals surface area contributed by atoms with E-state index in [0.29, 0.717) is 23.4 Å². The normalized spacial score (nSPS) is 34.5. The van der Waals surface area contributed by atoms with Crippen LogP contribution in [0.4, 0.5) is 0 Å². The molecule has 3 aliphatic rings. The van der Waals surface area contributed by atoms with Crippen LogP contribution in [0.25, 0.3) is 0 Å². The predicted octanol–water partition coefficient (Wildman–Crippen LogP) is 3.84. The Kier molecular flexibility index (Phi) is 3.60. The summed E-state index contributed by atoms with van der Waals surface area (Å²) in [5.74, 6) is 2.04. The van der Waals surface area contributed by atoms with Gasteiger partial charge >= 0.3 is 0 Å². The highest BCUT2D eigenvalue weighted by atomic mass is 16.1. The predicted molar refractivity (Wildman–Crippen MR) is 74.7 cm³/mol. The lowest BCUT2D eigenvalue weighted by atomic mass is 9.64. The van der Waals surface area contributed by atoms with Crippen molar-refractivity contribution in [3.05, 3.63) is 11.1 Å². The fraction of sp³-hybridized carbons (Fsp3) is 0.765. The molecule has 3 rings (SSSR count). The fourth-order valence-corrected chi connectivity index (χ4v) is 4.51. The minimum absolute atomic E-state index is 0.252. The van der Waals surface area contributed by atoms with Crippen LogP contribution in [0.3, 0.4) is 0 Å². The third-order valence-electron chi connectivity index (χ3n) is 5.40. The highest BCUT2D eigenvalue weighted by Gasteiger charge is 2.45. The standard InChI is InChI=1S/C17H24O2/c1-2-3-5-14-16(19)10-11-8-9-12-13(17(11)14)6-4-7-15(12)18/h11-13H,2-10H2,1H3/t11-,12+,13+/m1/s1. The summed E-state index contributed by atoms with van der Waals surface area (Å²) < 4.78 is 0. The van der Waals surface area contributed by atoms with Gasteiger partial charge in [-0.2, -0.15) is 0 Å². The van der Waals surface area contributed by atoms with E-state index in [1.165, 1.54) is 5.57 Å². The first kappa shape index (κ1) is 13.1. The molecule has 0 bridgehead atoms. The van der Waals surface area contributed by atoms with Crippen molar-refractivity contribution in [3.8, 4) is 0 Å². The van der Waals surface area contributed by atoms with E-state index in [0.717, 1.165) is 63.4 Å². The average molecular weight is 260 g/mol. The first-order chi connectivity index (χ1) is 9.22. The number of Topliss-reactive ketones (excluding diaryl/α,β-unsaturated/α-hetero) is 2. The second-order valence-corrected chi connectivity index (χ2v) is 6.51. The van der Waals surface area contributed by atoms with E-state index < -0.39 is 0 Å². The molecule has 2 fully saturated rings. The van der Waals surface area contributed by atoms with Gasteiger partial charge in [0.1, 0.15) is 5.78 Å². The van der Waals surface area contributed by atoms with Crippen molar-refractivity contribution >= 4 is 11.6 Å². The zero-order valence-electron chi connectivity index (χ0n) is 11.9.